The molecule has 1 aliphatic rings. The Labute approximate surface area is 191 Å². The number of piperidine rings is 1. The van der Waals surface area contributed by atoms with E-state index in [1.807, 2.05) is 32.9 Å². The molecule has 1 fully saturated rings. The van der Waals surface area contributed by atoms with Crippen LogP contribution in [-0.4, -0.2) is 47.8 Å². The molecular formula is C23H31N3O7. The number of carbonyl (C=O) groups is 3. The average Bonchev–Trinajstić information content (AvgIpc) is 3.05. The van der Waals surface area contributed by atoms with Crippen LogP contribution >= 0.6 is 0 Å². The van der Waals surface area contributed by atoms with Gasteiger partial charge < -0.3 is 19.2 Å². The maximum absolute atomic E-state index is 12.5. The van der Waals surface area contributed by atoms with E-state index in [0.717, 1.165) is 5.56 Å². The number of aromatic nitrogens is 1. The molecule has 10 heteroatoms. The van der Waals surface area contributed by atoms with Crippen molar-refractivity contribution >= 4 is 29.0 Å². The predicted octanol–water partition coefficient (Wildman–Crippen LogP) is 2.44. The molecule has 0 saturated carbocycles. The number of alkyl carbamates (subject to hydrolysis) is 1. The first-order valence-corrected chi connectivity index (χ1v) is 11.2. The highest BCUT2D eigenvalue weighted by Crippen LogP contribution is 2.25. The summed E-state index contributed by atoms with van der Waals surface area (Å²) in [6.07, 6.45) is 2.02. The van der Waals surface area contributed by atoms with E-state index in [2.05, 4.69) is 10.6 Å². The van der Waals surface area contributed by atoms with E-state index in [9.17, 15) is 19.2 Å². The first-order chi connectivity index (χ1) is 15.7. The normalized spacial score (nSPS) is 16.6. The van der Waals surface area contributed by atoms with Gasteiger partial charge in [-0.3, -0.25) is 19.5 Å². The molecule has 3 rings (SSSR count). The van der Waals surface area contributed by atoms with E-state index in [-0.39, 0.29) is 18.7 Å². The number of aryl methyl sites for hydroxylation is 1. The summed E-state index contributed by atoms with van der Waals surface area (Å²) >= 11 is 0. The molecule has 2 N–H and O–H groups in total. The second-order valence-electron chi connectivity index (χ2n) is 8.97. The fourth-order valence-corrected chi connectivity index (χ4v) is 3.68. The highest BCUT2D eigenvalue weighted by Gasteiger charge is 2.31. The summed E-state index contributed by atoms with van der Waals surface area (Å²) in [5.41, 5.74) is 1.33. The number of fused-ring (bicyclic) bond motifs is 1. The van der Waals surface area contributed by atoms with Crippen molar-refractivity contribution in [2.75, 3.05) is 19.8 Å². The van der Waals surface area contributed by atoms with E-state index in [1.54, 1.807) is 6.07 Å². The SMILES string of the molecule is CC(C)(C)OC(=O)NCCCOCCCc1cccc2c1oc(=O)n2C1CCC(=O)NC1=O. The third-order valence-corrected chi connectivity index (χ3v) is 5.11. The summed E-state index contributed by atoms with van der Waals surface area (Å²) in [7, 11) is 0. The average molecular weight is 462 g/mol. The van der Waals surface area contributed by atoms with Crippen LogP contribution in [0.1, 0.15) is 58.1 Å². The van der Waals surface area contributed by atoms with Gasteiger partial charge in [0.1, 0.15) is 11.6 Å². The third kappa shape index (κ3) is 6.67. The van der Waals surface area contributed by atoms with Crippen LogP contribution in [0.25, 0.3) is 11.1 Å². The highest BCUT2D eigenvalue weighted by atomic mass is 16.6. The number of benzene rings is 1. The number of nitrogens with zero attached hydrogens (tertiary/aromatic N) is 1. The number of rotatable bonds is 9. The van der Waals surface area contributed by atoms with Crippen LogP contribution < -0.4 is 16.4 Å². The smallest absolute Gasteiger partial charge is 0.420 e. The number of hydrogen-bond acceptors (Lipinski definition) is 7. The number of amides is 3. The van der Waals surface area contributed by atoms with Gasteiger partial charge in [0.2, 0.25) is 11.8 Å². The molecule has 1 aromatic carbocycles. The van der Waals surface area contributed by atoms with Crippen molar-refractivity contribution in [3.8, 4) is 0 Å². The summed E-state index contributed by atoms with van der Waals surface area (Å²) in [6.45, 7) is 6.91. The van der Waals surface area contributed by atoms with Gasteiger partial charge in [-0.05, 0) is 58.1 Å². The Morgan fingerprint density at radius 1 is 1.21 bits per heavy atom. The zero-order valence-electron chi connectivity index (χ0n) is 19.3. The molecule has 0 radical (unpaired) electrons. The van der Waals surface area contributed by atoms with Gasteiger partial charge in [-0.25, -0.2) is 9.59 Å². The lowest BCUT2D eigenvalue weighted by atomic mass is 10.0. The Hall–Kier alpha value is -3.14. The van der Waals surface area contributed by atoms with Crippen LogP contribution in [0, 0.1) is 0 Å². The van der Waals surface area contributed by atoms with Crippen molar-refractivity contribution in [1.82, 2.24) is 15.2 Å². The highest BCUT2D eigenvalue weighted by molar-refractivity contribution is 6.00. The second kappa shape index (κ2) is 10.7. The summed E-state index contributed by atoms with van der Waals surface area (Å²) < 4.78 is 17.6. The molecule has 1 unspecified atom stereocenters. The van der Waals surface area contributed by atoms with Gasteiger partial charge in [0.05, 0.1) is 5.52 Å². The van der Waals surface area contributed by atoms with Crippen LogP contribution in [0.4, 0.5) is 4.79 Å². The van der Waals surface area contributed by atoms with Crippen molar-refractivity contribution in [1.29, 1.82) is 0 Å². The van der Waals surface area contributed by atoms with Gasteiger partial charge in [-0.1, -0.05) is 12.1 Å². The van der Waals surface area contributed by atoms with Crippen molar-refractivity contribution in [2.45, 2.75) is 64.5 Å². The summed E-state index contributed by atoms with van der Waals surface area (Å²) in [6, 6.07) is 4.68. The summed E-state index contributed by atoms with van der Waals surface area (Å²) in [5.74, 6) is -1.44. The minimum atomic E-state index is -0.760. The van der Waals surface area contributed by atoms with E-state index >= 15 is 0 Å². The van der Waals surface area contributed by atoms with Crippen LogP contribution in [0.3, 0.4) is 0 Å². The molecular weight excluding hydrogens is 430 g/mol. The topological polar surface area (TPSA) is 129 Å². The number of para-hydroxylation sites is 1. The molecule has 2 aromatic rings. The molecule has 1 aromatic heterocycles. The molecule has 2 heterocycles. The van der Waals surface area contributed by atoms with Crippen LogP contribution in [0.5, 0.6) is 0 Å². The number of oxazole rings is 1. The number of imide groups is 1. The molecule has 0 bridgehead atoms. The molecule has 33 heavy (non-hydrogen) atoms. The summed E-state index contributed by atoms with van der Waals surface area (Å²) in [5, 5.41) is 4.96. The molecule has 180 valence electrons. The zero-order valence-corrected chi connectivity index (χ0v) is 19.3. The Balaban J connectivity index is 1.47. The number of hydrogen-bond donors (Lipinski definition) is 2. The van der Waals surface area contributed by atoms with E-state index in [1.165, 1.54) is 4.57 Å². The Bertz CT molecular complexity index is 1060. The maximum atomic E-state index is 12.5. The van der Waals surface area contributed by atoms with Crippen molar-refractivity contribution in [2.24, 2.45) is 0 Å². The van der Waals surface area contributed by atoms with Crippen molar-refractivity contribution < 1.29 is 28.3 Å². The minimum absolute atomic E-state index is 0.180. The van der Waals surface area contributed by atoms with Crippen molar-refractivity contribution in [3.63, 3.8) is 0 Å². The first-order valence-electron chi connectivity index (χ1n) is 11.2. The molecule has 0 aliphatic carbocycles. The lowest BCUT2D eigenvalue weighted by Gasteiger charge is -2.21. The number of nitrogens with one attached hydrogen (secondary N) is 2. The zero-order chi connectivity index (χ0) is 24.0. The largest absolute Gasteiger partial charge is 0.444 e. The lowest BCUT2D eigenvalue weighted by molar-refractivity contribution is -0.135. The Kier molecular flexibility index (Phi) is 7.91. The van der Waals surface area contributed by atoms with Crippen LogP contribution in [0.2, 0.25) is 0 Å². The van der Waals surface area contributed by atoms with E-state index < -0.39 is 29.4 Å². The van der Waals surface area contributed by atoms with Crippen molar-refractivity contribution in [3.05, 3.63) is 34.3 Å². The number of carbonyl (C=O) groups excluding carboxylic acids is 3. The monoisotopic (exact) mass is 461 g/mol. The van der Waals surface area contributed by atoms with Crippen LogP contribution in [0.15, 0.2) is 27.4 Å². The molecule has 10 nitrogen and oxygen atoms in total. The molecule has 1 aliphatic heterocycles. The standard InChI is InChI=1S/C23H31N3O7/c1-23(2,3)33-21(29)24-12-6-14-31-13-5-8-15-7-4-9-16-19(15)32-22(30)26(16)17-10-11-18(27)25-20(17)28/h4,7,9,17H,5-6,8,10-14H2,1-3H3,(H,24,29)(H,25,27,28). The molecule has 1 atom stereocenters. The van der Waals surface area contributed by atoms with Gasteiger partial charge in [0, 0.05) is 26.2 Å². The maximum Gasteiger partial charge on any atom is 0.420 e. The Morgan fingerprint density at radius 3 is 2.70 bits per heavy atom. The lowest BCUT2D eigenvalue weighted by Crippen LogP contribution is -2.43. The van der Waals surface area contributed by atoms with E-state index in [4.69, 9.17) is 13.9 Å². The first kappa shape index (κ1) is 24.5. The summed E-state index contributed by atoms with van der Waals surface area (Å²) in [4.78, 5) is 47.7. The third-order valence-electron chi connectivity index (χ3n) is 5.11. The minimum Gasteiger partial charge on any atom is -0.444 e. The molecule has 3 amide bonds. The fraction of sp³-hybridized carbons (Fsp3) is 0.565. The Morgan fingerprint density at radius 2 is 1.97 bits per heavy atom. The van der Waals surface area contributed by atoms with Gasteiger partial charge in [-0.2, -0.15) is 0 Å². The van der Waals surface area contributed by atoms with Crippen LogP contribution in [-0.2, 0) is 25.5 Å². The molecule has 1 saturated heterocycles. The second-order valence-corrected chi connectivity index (χ2v) is 8.97. The number of ether oxygens (including phenoxy) is 2. The van der Waals surface area contributed by atoms with Gasteiger partial charge in [0.15, 0.2) is 5.58 Å². The van der Waals surface area contributed by atoms with E-state index in [0.29, 0.717) is 50.1 Å². The van der Waals surface area contributed by atoms with Gasteiger partial charge in [-0.15, -0.1) is 0 Å². The van der Waals surface area contributed by atoms with Gasteiger partial charge >= 0.3 is 11.8 Å². The fourth-order valence-electron chi connectivity index (χ4n) is 3.68. The molecule has 0 spiro atoms. The van der Waals surface area contributed by atoms with Gasteiger partial charge in [0.25, 0.3) is 0 Å². The quantitative estimate of drug-likeness (QED) is 0.433. The predicted molar refractivity (Wildman–Crippen MR) is 120 cm³/mol.